The molecule has 180 valence electrons. The lowest BCUT2D eigenvalue weighted by molar-refractivity contribution is -0.145. The van der Waals surface area contributed by atoms with Gasteiger partial charge in [-0.05, 0) is 23.4 Å². The first kappa shape index (κ1) is 26.5. The number of carbonyl (C=O) groups is 3. The predicted octanol–water partition coefficient (Wildman–Crippen LogP) is 3.89. The second kappa shape index (κ2) is 11.4. The van der Waals surface area contributed by atoms with Crippen LogP contribution in [0.4, 0.5) is 4.79 Å². The maximum atomic E-state index is 13.0. The maximum Gasteiger partial charge on any atom is 0.410 e. The third kappa shape index (κ3) is 7.36. The summed E-state index contributed by atoms with van der Waals surface area (Å²) in [5.41, 5.74) is 4.23. The number of ether oxygens (including phenoxy) is 2. The zero-order valence-electron chi connectivity index (χ0n) is 20.6. The molecule has 2 atom stereocenters. The molecule has 1 aliphatic rings. The van der Waals surface area contributed by atoms with Gasteiger partial charge in [-0.25, -0.2) is 9.59 Å². The van der Waals surface area contributed by atoms with Gasteiger partial charge in [0.15, 0.2) is 0 Å². The van der Waals surface area contributed by atoms with Crippen molar-refractivity contribution in [1.29, 1.82) is 0 Å². The van der Waals surface area contributed by atoms with Gasteiger partial charge < -0.3 is 14.8 Å². The first-order valence-corrected chi connectivity index (χ1v) is 14.3. The zero-order valence-corrected chi connectivity index (χ0v) is 21.6. The van der Waals surface area contributed by atoms with Crippen LogP contribution < -0.4 is 5.32 Å². The summed E-state index contributed by atoms with van der Waals surface area (Å²) in [6.07, 6.45) is 0.822. The Hall–Kier alpha value is -2.79. The highest BCUT2D eigenvalue weighted by Gasteiger charge is 2.37. The van der Waals surface area contributed by atoms with Gasteiger partial charge in [-0.15, -0.1) is 11.5 Å². The third-order valence-corrected chi connectivity index (χ3v) is 10.9. The Morgan fingerprint density at radius 1 is 1.21 bits per heavy atom. The van der Waals surface area contributed by atoms with E-state index < -0.39 is 38.1 Å². The Morgan fingerprint density at radius 3 is 2.48 bits per heavy atom. The fraction of sp³-hybridized carbons (Fsp3) is 0.560. The van der Waals surface area contributed by atoms with Gasteiger partial charge in [0.2, 0.25) is 5.91 Å². The van der Waals surface area contributed by atoms with Crippen molar-refractivity contribution in [3.8, 4) is 11.5 Å². The molecule has 1 aromatic rings. The smallest absolute Gasteiger partial charge is 0.410 e. The van der Waals surface area contributed by atoms with E-state index in [1.807, 2.05) is 30.3 Å². The van der Waals surface area contributed by atoms with Gasteiger partial charge in [0.05, 0.1) is 7.11 Å². The Bertz CT molecular complexity index is 899. The molecule has 0 spiro atoms. The molecule has 1 aromatic carbocycles. The van der Waals surface area contributed by atoms with E-state index in [-0.39, 0.29) is 18.1 Å². The molecular weight excluding hydrogens is 436 g/mol. The molecule has 0 aliphatic carbocycles. The maximum absolute atomic E-state index is 13.0. The van der Waals surface area contributed by atoms with Gasteiger partial charge >= 0.3 is 12.1 Å². The van der Waals surface area contributed by atoms with Crippen LogP contribution in [0.15, 0.2) is 30.3 Å². The highest BCUT2D eigenvalue weighted by Crippen LogP contribution is 2.35. The number of methoxy groups -OCH3 is 1. The summed E-state index contributed by atoms with van der Waals surface area (Å²) < 4.78 is 10.3. The summed E-state index contributed by atoms with van der Waals surface area (Å²) in [5.74, 6) is 2.16. The summed E-state index contributed by atoms with van der Waals surface area (Å²) in [6.45, 7) is 11.4. The number of nitrogens with zero attached hydrogens (tertiary/aromatic N) is 1. The van der Waals surface area contributed by atoms with Crippen molar-refractivity contribution < 1.29 is 23.9 Å². The molecule has 7 nitrogen and oxygen atoms in total. The van der Waals surface area contributed by atoms with E-state index in [0.29, 0.717) is 19.4 Å². The lowest BCUT2D eigenvalue weighted by Crippen LogP contribution is -2.51. The minimum Gasteiger partial charge on any atom is -0.467 e. The quantitative estimate of drug-likeness (QED) is 0.386. The lowest BCUT2D eigenvalue weighted by atomic mass is 10.1. The van der Waals surface area contributed by atoms with Crippen molar-refractivity contribution in [3.63, 3.8) is 0 Å². The van der Waals surface area contributed by atoms with E-state index in [1.165, 1.54) is 12.0 Å². The van der Waals surface area contributed by atoms with Crippen molar-refractivity contribution in [2.75, 3.05) is 13.7 Å². The molecule has 1 heterocycles. The van der Waals surface area contributed by atoms with Gasteiger partial charge in [-0.3, -0.25) is 9.69 Å². The average Bonchev–Trinajstić information content (AvgIpc) is 3.26. The lowest BCUT2D eigenvalue weighted by Gasteiger charge is -2.31. The van der Waals surface area contributed by atoms with Gasteiger partial charge in [0.25, 0.3) is 0 Å². The van der Waals surface area contributed by atoms with E-state index in [9.17, 15) is 14.4 Å². The topological polar surface area (TPSA) is 84.9 Å². The molecule has 2 rings (SSSR count). The van der Waals surface area contributed by atoms with Crippen LogP contribution in [0, 0.1) is 11.5 Å². The first-order chi connectivity index (χ1) is 15.5. The standard InChI is InChI=1S/C25H36N2O5Si/c1-25(2,3)33(5,6)17-11-14-20(23(29)31-4)26-22(28)21-15-10-16-27(21)24(30)32-18-19-12-8-7-9-13-19/h7-9,12-13,20-21H,10,14-16,18H2,1-6H3,(H,26,28)/t20-,21-/m1/s1. The average molecular weight is 473 g/mol. The number of rotatable bonds is 6. The molecule has 1 aliphatic heterocycles. The van der Waals surface area contributed by atoms with E-state index in [4.69, 9.17) is 9.47 Å². The fourth-order valence-electron chi connectivity index (χ4n) is 3.23. The SMILES string of the molecule is COC(=O)[C@@H](CC#C[Si](C)(C)C(C)(C)C)NC(=O)[C@H]1CCCN1C(=O)OCc1ccccc1. The number of carbonyl (C=O) groups excluding carboxylic acids is 3. The molecule has 0 bridgehead atoms. The minimum absolute atomic E-state index is 0.0917. The molecule has 8 heteroatoms. The summed E-state index contributed by atoms with van der Waals surface area (Å²) >= 11 is 0. The number of hydrogen-bond donors (Lipinski definition) is 1. The zero-order chi connectivity index (χ0) is 24.6. The van der Waals surface area contributed by atoms with Crippen molar-refractivity contribution >= 4 is 26.0 Å². The van der Waals surface area contributed by atoms with Gasteiger partial charge in [-0.2, -0.15) is 0 Å². The van der Waals surface area contributed by atoms with Crippen molar-refractivity contribution in [2.45, 2.75) is 76.9 Å². The van der Waals surface area contributed by atoms with Crippen molar-refractivity contribution in [1.82, 2.24) is 10.2 Å². The Morgan fingerprint density at radius 2 is 1.88 bits per heavy atom. The van der Waals surface area contributed by atoms with Crippen LogP contribution in [0.5, 0.6) is 0 Å². The molecule has 0 unspecified atom stereocenters. The number of nitrogens with one attached hydrogen (secondary N) is 1. The van der Waals surface area contributed by atoms with Crippen LogP contribution in [0.1, 0.15) is 45.6 Å². The fourth-order valence-corrected chi connectivity index (χ4v) is 4.14. The monoisotopic (exact) mass is 472 g/mol. The summed E-state index contributed by atoms with van der Waals surface area (Å²) in [5, 5.41) is 2.84. The largest absolute Gasteiger partial charge is 0.467 e. The predicted molar refractivity (Wildman–Crippen MR) is 130 cm³/mol. The third-order valence-electron chi connectivity index (χ3n) is 6.38. The van der Waals surface area contributed by atoms with Crippen LogP contribution in [0.25, 0.3) is 0 Å². The molecule has 2 amide bonds. The number of benzene rings is 1. The van der Waals surface area contributed by atoms with E-state index in [2.05, 4.69) is 50.6 Å². The number of likely N-dealkylation sites (tertiary alicyclic amines) is 1. The molecule has 1 fully saturated rings. The van der Waals surface area contributed by atoms with Crippen LogP contribution in [0.2, 0.25) is 18.1 Å². The summed E-state index contributed by atoms with van der Waals surface area (Å²) in [4.78, 5) is 39.3. The number of amides is 2. The van der Waals surface area contributed by atoms with Crippen LogP contribution >= 0.6 is 0 Å². The Labute approximate surface area is 198 Å². The van der Waals surface area contributed by atoms with Crippen LogP contribution in [0.3, 0.4) is 0 Å². The second-order valence-electron chi connectivity index (χ2n) is 9.86. The molecule has 1 saturated heterocycles. The number of hydrogen-bond acceptors (Lipinski definition) is 5. The first-order valence-electron chi connectivity index (χ1n) is 11.3. The van der Waals surface area contributed by atoms with Gasteiger partial charge in [0.1, 0.15) is 26.8 Å². The van der Waals surface area contributed by atoms with Crippen LogP contribution in [-0.2, 0) is 25.7 Å². The molecule has 33 heavy (non-hydrogen) atoms. The van der Waals surface area contributed by atoms with Gasteiger partial charge in [-0.1, -0.05) is 64.2 Å². The van der Waals surface area contributed by atoms with E-state index in [0.717, 1.165) is 5.56 Å². The second-order valence-corrected chi connectivity index (χ2v) is 14.9. The Kier molecular flexibility index (Phi) is 9.12. The minimum atomic E-state index is -1.84. The number of esters is 1. The van der Waals surface area contributed by atoms with E-state index in [1.54, 1.807) is 0 Å². The van der Waals surface area contributed by atoms with Crippen molar-refractivity contribution in [2.24, 2.45) is 0 Å². The summed E-state index contributed by atoms with van der Waals surface area (Å²) in [6, 6.07) is 7.80. The normalized spacial score (nSPS) is 16.9. The Balaban J connectivity index is 2.02. The highest BCUT2D eigenvalue weighted by molar-refractivity contribution is 6.87. The van der Waals surface area contributed by atoms with Crippen molar-refractivity contribution in [3.05, 3.63) is 35.9 Å². The van der Waals surface area contributed by atoms with E-state index >= 15 is 0 Å². The molecule has 1 N–H and O–H groups in total. The molecule has 0 aromatic heterocycles. The highest BCUT2D eigenvalue weighted by atomic mass is 28.3. The van der Waals surface area contributed by atoms with Crippen LogP contribution in [-0.4, -0.2) is 56.7 Å². The van der Waals surface area contributed by atoms with Gasteiger partial charge in [0, 0.05) is 13.0 Å². The molecule has 0 radical (unpaired) electrons. The molecule has 0 saturated carbocycles. The summed E-state index contributed by atoms with van der Waals surface area (Å²) in [7, 11) is -0.557. The molecular formula is C25H36N2O5Si.